The van der Waals surface area contributed by atoms with Crippen molar-refractivity contribution in [3.05, 3.63) is 35.1 Å². The summed E-state index contributed by atoms with van der Waals surface area (Å²) in [5, 5.41) is 9.82. The van der Waals surface area contributed by atoms with Crippen molar-refractivity contribution in [1.29, 1.82) is 0 Å². The maximum atomic E-state index is 13.1. The van der Waals surface area contributed by atoms with E-state index in [4.69, 9.17) is 4.74 Å². The zero-order valence-corrected chi connectivity index (χ0v) is 9.45. The predicted octanol–water partition coefficient (Wildman–Crippen LogP) is 2.07. The van der Waals surface area contributed by atoms with Crippen LogP contribution in [0.5, 0.6) is 0 Å². The topological polar surface area (TPSA) is 29.5 Å². The van der Waals surface area contributed by atoms with Crippen molar-refractivity contribution in [2.45, 2.75) is 25.9 Å². The van der Waals surface area contributed by atoms with Crippen LogP contribution in [0.25, 0.3) is 0 Å². The highest BCUT2D eigenvalue weighted by Gasteiger charge is 2.24. The molecule has 1 aliphatic rings. The van der Waals surface area contributed by atoms with Crippen molar-refractivity contribution in [2.24, 2.45) is 5.92 Å². The zero-order chi connectivity index (χ0) is 11.5. The fourth-order valence-corrected chi connectivity index (χ4v) is 2.12. The molecule has 2 rings (SSSR count). The van der Waals surface area contributed by atoms with Crippen LogP contribution in [0, 0.1) is 18.7 Å². The third-order valence-electron chi connectivity index (χ3n) is 3.23. The zero-order valence-electron chi connectivity index (χ0n) is 9.45. The molecule has 0 spiro atoms. The molecule has 1 saturated heterocycles. The molecule has 0 saturated carbocycles. The van der Waals surface area contributed by atoms with Gasteiger partial charge < -0.3 is 9.84 Å². The lowest BCUT2D eigenvalue weighted by molar-refractivity contribution is -0.0351. The lowest BCUT2D eigenvalue weighted by Crippen LogP contribution is -2.33. The van der Waals surface area contributed by atoms with E-state index in [1.807, 2.05) is 6.92 Å². The Labute approximate surface area is 95.1 Å². The van der Waals surface area contributed by atoms with Crippen molar-refractivity contribution in [2.75, 3.05) is 13.2 Å². The van der Waals surface area contributed by atoms with Gasteiger partial charge in [-0.05, 0) is 43.0 Å². The molecule has 1 aliphatic heterocycles. The fraction of sp³-hybridized carbons (Fsp3) is 0.538. The number of aliphatic hydroxyl groups excluding tert-OH is 1. The van der Waals surface area contributed by atoms with Crippen molar-refractivity contribution in [3.8, 4) is 0 Å². The lowest BCUT2D eigenvalue weighted by Gasteiger charge is -2.28. The van der Waals surface area contributed by atoms with Crippen LogP contribution in [0.1, 0.15) is 17.5 Å². The third-order valence-corrected chi connectivity index (χ3v) is 3.23. The second-order valence-corrected chi connectivity index (χ2v) is 4.47. The standard InChI is InChI=1S/C13H17FO2/c1-9-2-3-12(14)7-10(9)6-11-8-16-5-4-13(11)15/h2-3,7,11,13,15H,4-6,8H2,1H3. The molecule has 0 amide bonds. The molecular weight excluding hydrogens is 207 g/mol. The Hall–Kier alpha value is -0.930. The molecule has 1 fully saturated rings. The van der Waals surface area contributed by atoms with E-state index in [-0.39, 0.29) is 17.8 Å². The van der Waals surface area contributed by atoms with Gasteiger partial charge in [0.25, 0.3) is 0 Å². The molecule has 0 aromatic heterocycles. The number of halogens is 1. The van der Waals surface area contributed by atoms with Crippen molar-refractivity contribution in [1.82, 2.24) is 0 Å². The minimum Gasteiger partial charge on any atom is -0.393 e. The van der Waals surface area contributed by atoms with Crippen molar-refractivity contribution >= 4 is 0 Å². The van der Waals surface area contributed by atoms with Crippen LogP contribution in [0.15, 0.2) is 18.2 Å². The fourth-order valence-electron chi connectivity index (χ4n) is 2.12. The number of rotatable bonds is 2. The molecule has 2 atom stereocenters. The van der Waals surface area contributed by atoms with Gasteiger partial charge in [-0.3, -0.25) is 0 Å². The number of aryl methyl sites for hydroxylation is 1. The van der Waals surface area contributed by atoms with Gasteiger partial charge in [-0.1, -0.05) is 6.07 Å². The summed E-state index contributed by atoms with van der Waals surface area (Å²) < 4.78 is 18.4. The summed E-state index contributed by atoms with van der Waals surface area (Å²) in [6.45, 7) is 3.15. The summed E-state index contributed by atoms with van der Waals surface area (Å²) in [7, 11) is 0. The first-order chi connectivity index (χ1) is 7.66. The van der Waals surface area contributed by atoms with Gasteiger partial charge in [0.15, 0.2) is 0 Å². The van der Waals surface area contributed by atoms with Gasteiger partial charge in [0.05, 0.1) is 12.7 Å². The van der Waals surface area contributed by atoms with Crippen LogP contribution in [-0.2, 0) is 11.2 Å². The molecule has 88 valence electrons. The second-order valence-electron chi connectivity index (χ2n) is 4.47. The minimum atomic E-state index is -0.323. The summed E-state index contributed by atoms with van der Waals surface area (Å²) in [6, 6.07) is 4.80. The van der Waals surface area contributed by atoms with Crippen LogP contribution in [0.3, 0.4) is 0 Å². The van der Waals surface area contributed by atoms with E-state index in [2.05, 4.69) is 0 Å². The second kappa shape index (κ2) is 4.93. The summed E-state index contributed by atoms with van der Waals surface area (Å²) in [4.78, 5) is 0. The summed E-state index contributed by atoms with van der Waals surface area (Å²) in [6.07, 6.45) is 1.04. The molecule has 0 aliphatic carbocycles. The highest BCUT2D eigenvalue weighted by Crippen LogP contribution is 2.22. The quantitative estimate of drug-likeness (QED) is 0.833. The Morgan fingerprint density at radius 3 is 3.06 bits per heavy atom. The lowest BCUT2D eigenvalue weighted by atomic mass is 9.90. The van der Waals surface area contributed by atoms with Gasteiger partial charge in [0.1, 0.15) is 5.82 Å². The first-order valence-corrected chi connectivity index (χ1v) is 5.67. The molecule has 1 aromatic carbocycles. The average Bonchev–Trinajstić information content (AvgIpc) is 2.27. The molecule has 2 nitrogen and oxygen atoms in total. The highest BCUT2D eigenvalue weighted by atomic mass is 19.1. The molecule has 1 heterocycles. The molecule has 1 aromatic rings. The largest absolute Gasteiger partial charge is 0.393 e. The van der Waals surface area contributed by atoms with E-state index < -0.39 is 0 Å². The number of hydrogen-bond acceptors (Lipinski definition) is 2. The minimum absolute atomic E-state index is 0.0919. The van der Waals surface area contributed by atoms with Crippen LogP contribution in [0.4, 0.5) is 4.39 Å². The van der Waals surface area contributed by atoms with Crippen LogP contribution < -0.4 is 0 Å². The maximum Gasteiger partial charge on any atom is 0.123 e. The maximum absolute atomic E-state index is 13.1. The van der Waals surface area contributed by atoms with E-state index in [1.165, 1.54) is 6.07 Å². The average molecular weight is 224 g/mol. The summed E-state index contributed by atoms with van der Waals surface area (Å²) >= 11 is 0. The Kier molecular flexibility index (Phi) is 3.56. The highest BCUT2D eigenvalue weighted by molar-refractivity contribution is 5.27. The normalized spacial score (nSPS) is 25.7. The monoisotopic (exact) mass is 224 g/mol. The molecule has 2 unspecified atom stereocenters. The van der Waals surface area contributed by atoms with Crippen LogP contribution in [0.2, 0.25) is 0 Å². The summed E-state index contributed by atoms with van der Waals surface area (Å²) in [5.41, 5.74) is 2.04. The van der Waals surface area contributed by atoms with Crippen molar-refractivity contribution in [3.63, 3.8) is 0 Å². The molecular formula is C13H17FO2. The Morgan fingerprint density at radius 2 is 2.31 bits per heavy atom. The third kappa shape index (κ3) is 2.60. The smallest absolute Gasteiger partial charge is 0.123 e. The number of aliphatic hydroxyl groups is 1. The predicted molar refractivity (Wildman–Crippen MR) is 59.8 cm³/mol. The van der Waals surface area contributed by atoms with Crippen molar-refractivity contribution < 1.29 is 14.2 Å². The first kappa shape index (κ1) is 11.6. The Balaban J connectivity index is 2.10. The van der Waals surface area contributed by atoms with E-state index in [0.29, 0.717) is 26.1 Å². The number of hydrogen-bond donors (Lipinski definition) is 1. The molecule has 0 radical (unpaired) electrons. The first-order valence-electron chi connectivity index (χ1n) is 5.67. The number of ether oxygens (including phenoxy) is 1. The van der Waals surface area contributed by atoms with E-state index in [1.54, 1.807) is 12.1 Å². The Morgan fingerprint density at radius 1 is 1.50 bits per heavy atom. The van der Waals surface area contributed by atoms with Crippen LogP contribution >= 0.6 is 0 Å². The van der Waals surface area contributed by atoms with Gasteiger partial charge in [0.2, 0.25) is 0 Å². The SMILES string of the molecule is Cc1ccc(F)cc1CC1COCCC1O. The van der Waals surface area contributed by atoms with Gasteiger partial charge in [0, 0.05) is 12.5 Å². The van der Waals surface area contributed by atoms with Gasteiger partial charge in [-0.15, -0.1) is 0 Å². The van der Waals surface area contributed by atoms with Gasteiger partial charge in [-0.2, -0.15) is 0 Å². The van der Waals surface area contributed by atoms with Crippen LogP contribution in [-0.4, -0.2) is 24.4 Å². The molecule has 0 bridgehead atoms. The summed E-state index contributed by atoms with van der Waals surface area (Å²) in [5.74, 6) is -0.124. The van der Waals surface area contributed by atoms with Gasteiger partial charge >= 0.3 is 0 Å². The molecule has 3 heteroatoms. The Bertz CT molecular complexity index is 365. The molecule has 1 N–H and O–H groups in total. The van der Waals surface area contributed by atoms with E-state index in [0.717, 1.165) is 11.1 Å². The van der Waals surface area contributed by atoms with E-state index in [9.17, 15) is 9.50 Å². The van der Waals surface area contributed by atoms with Gasteiger partial charge in [-0.25, -0.2) is 4.39 Å². The number of benzene rings is 1. The van der Waals surface area contributed by atoms with E-state index >= 15 is 0 Å². The molecule has 16 heavy (non-hydrogen) atoms.